The van der Waals surface area contributed by atoms with Crippen LogP contribution in [0.3, 0.4) is 0 Å². The molecule has 26 heavy (non-hydrogen) atoms. The van der Waals surface area contributed by atoms with Gasteiger partial charge in [-0.2, -0.15) is 0 Å². The molecule has 0 radical (unpaired) electrons. The number of hydrogen-bond donors (Lipinski definition) is 0. The van der Waals surface area contributed by atoms with Crippen LogP contribution in [-0.2, 0) is 17.8 Å². The number of carbonyl (C=O) groups is 1. The van der Waals surface area contributed by atoms with Gasteiger partial charge in [0.05, 0.1) is 11.2 Å². The summed E-state index contributed by atoms with van der Waals surface area (Å²) in [5, 5.41) is 2.15. The fourth-order valence-electron chi connectivity index (χ4n) is 4.69. The largest absolute Gasteiger partial charge is 0.339 e. The molecule has 3 heterocycles. The number of hydrogen-bond acceptors (Lipinski definition) is 4. The lowest BCUT2D eigenvalue weighted by atomic mass is 9.76. The number of amides is 1. The van der Waals surface area contributed by atoms with Crippen molar-refractivity contribution in [2.45, 2.75) is 45.2 Å². The molecule has 1 unspecified atom stereocenters. The molecule has 2 aliphatic heterocycles. The highest BCUT2D eigenvalue weighted by Gasteiger charge is 2.46. The van der Waals surface area contributed by atoms with Crippen molar-refractivity contribution in [2.24, 2.45) is 5.41 Å². The zero-order valence-corrected chi connectivity index (χ0v) is 16.3. The van der Waals surface area contributed by atoms with Crippen LogP contribution in [0.4, 0.5) is 0 Å². The first-order chi connectivity index (χ1) is 12.6. The summed E-state index contributed by atoms with van der Waals surface area (Å²) in [5.41, 5.74) is 4.74. The highest BCUT2D eigenvalue weighted by Crippen LogP contribution is 2.44. The second-order valence-electron chi connectivity index (χ2n) is 7.95. The Morgan fingerprint density at radius 1 is 1.27 bits per heavy atom. The van der Waals surface area contributed by atoms with Crippen LogP contribution in [0.5, 0.6) is 0 Å². The third kappa shape index (κ3) is 3.84. The van der Waals surface area contributed by atoms with Gasteiger partial charge in [-0.1, -0.05) is 30.3 Å². The van der Waals surface area contributed by atoms with E-state index in [0.29, 0.717) is 11.5 Å². The molecule has 1 aromatic heterocycles. The van der Waals surface area contributed by atoms with Crippen LogP contribution >= 0.6 is 11.3 Å². The SMILES string of the molecule is CC(=O)N1CC2(CCN(Cc3cscn3)CC2)CC1Cc1ccccc1. The molecule has 0 saturated carbocycles. The van der Waals surface area contributed by atoms with Crippen molar-refractivity contribution in [1.29, 1.82) is 0 Å². The molecule has 4 nitrogen and oxygen atoms in total. The number of rotatable bonds is 4. The van der Waals surface area contributed by atoms with Crippen LogP contribution in [0.2, 0.25) is 0 Å². The predicted molar refractivity (Wildman–Crippen MR) is 105 cm³/mol. The summed E-state index contributed by atoms with van der Waals surface area (Å²) in [6, 6.07) is 10.9. The van der Waals surface area contributed by atoms with Crippen LogP contribution < -0.4 is 0 Å². The van der Waals surface area contributed by atoms with Crippen LogP contribution in [0.25, 0.3) is 0 Å². The average molecular weight is 370 g/mol. The molecule has 1 atom stereocenters. The molecule has 0 bridgehead atoms. The summed E-state index contributed by atoms with van der Waals surface area (Å²) in [6.07, 6.45) is 4.50. The van der Waals surface area contributed by atoms with E-state index in [2.05, 4.69) is 50.5 Å². The summed E-state index contributed by atoms with van der Waals surface area (Å²) >= 11 is 1.67. The number of carbonyl (C=O) groups excluding carboxylic acids is 1. The molecule has 5 heteroatoms. The molecular formula is C21H27N3OS. The van der Waals surface area contributed by atoms with E-state index in [0.717, 1.165) is 39.0 Å². The van der Waals surface area contributed by atoms with E-state index in [9.17, 15) is 4.79 Å². The van der Waals surface area contributed by atoms with Crippen molar-refractivity contribution < 1.29 is 4.79 Å². The first kappa shape index (κ1) is 17.7. The van der Waals surface area contributed by atoms with Crippen LogP contribution in [0.15, 0.2) is 41.2 Å². The fraction of sp³-hybridized carbons (Fsp3) is 0.524. The molecular weight excluding hydrogens is 342 g/mol. The van der Waals surface area contributed by atoms with E-state index in [1.165, 1.54) is 24.1 Å². The number of benzene rings is 1. The van der Waals surface area contributed by atoms with Gasteiger partial charge in [0.15, 0.2) is 0 Å². The number of piperidine rings is 1. The van der Waals surface area contributed by atoms with Crippen LogP contribution in [-0.4, -0.2) is 46.4 Å². The number of aromatic nitrogens is 1. The first-order valence-corrected chi connectivity index (χ1v) is 10.5. The second-order valence-corrected chi connectivity index (χ2v) is 8.67. The lowest BCUT2D eigenvalue weighted by molar-refractivity contribution is -0.130. The second kappa shape index (κ2) is 7.49. The third-order valence-electron chi connectivity index (χ3n) is 6.12. The molecule has 1 aromatic carbocycles. The van der Waals surface area contributed by atoms with Gasteiger partial charge < -0.3 is 4.90 Å². The molecule has 138 valence electrons. The topological polar surface area (TPSA) is 36.4 Å². The minimum absolute atomic E-state index is 0.229. The molecule has 1 amide bonds. The van der Waals surface area contributed by atoms with Crippen LogP contribution in [0, 0.1) is 5.41 Å². The third-order valence-corrected chi connectivity index (χ3v) is 6.75. The van der Waals surface area contributed by atoms with E-state index >= 15 is 0 Å². The van der Waals surface area contributed by atoms with E-state index < -0.39 is 0 Å². The Morgan fingerprint density at radius 2 is 2.04 bits per heavy atom. The van der Waals surface area contributed by atoms with Crippen molar-refractivity contribution in [2.75, 3.05) is 19.6 Å². The van der Waals surface area contributed by atoms with Crippen molar-refractivity contribution >= 4 is 17.2 Å². The average Bonchev–Trinajstić information content (AvgIpc) is 3.27. The van der Waals surface area contributed by atoms with Gasteiger partial charge in [0.25, 0.3) is 0 Å². The maximum atomic E-state index is 12.3. The number of thiazole rings is 1. The van der Waals surface area contributed by atoms with Gasteiger partial charge in [0.2, 0.25) is 5.91 Å². The Balaban J connectivity index is 1.40. The maximum Gasteiger partial charge on any atom is 0.219 e. The van der Waals surface area contributed by atoms with Gasteiger partial charge in [0.1, 0.15) is 0 Å². The molecule has 0 N–H and O–H groups in total. The Labute approximate surface area is 159 Å². The molecule has 1 spiro atoms. The Bertz CT molecular complexity index is 723. The molecule has 2 fully saturated rings. The van der Waals surface area contributed by atoms with Gasteiger partial charge in [-0.15, -0.1) is 11.3 Å². The normalized spacial score (nSPS) is 22.8. The predicted octanol–water partition coefficient (Wildman–Crippen LogP) is 3.59. The Kier molecular flexibility index (Phi) is 5.09. The smallest absolute Gasteiger partial charge is 0.219 e. The standard InChI is InChI=1S/C21H27N3OS/c1-17(25)24-15-21(12-20(24)11-18-5-3-2-4-6-18)7-9-23(10-8-21)13-19-14-26-16-22-19/h2-6,14,16,20H,7-13,15H2,1H3. The van der Waals surface area contributed by atoms with Crippen LogP contribution in [0.1, 0.15) is 37.4 Å². The first-order valence-electron chi connectivity index (χ1n) is 9.54. The van der Waals surface area contributed by atoms with Gasteiger partial charge >= 0.3 is 0 Å². The summed E-state index contributed by atoms with van der Waals surface area (Å²) < 4.78 is 0. The van der Waals surface area contributed by atoms with Crippen molar-refractivity contribution in [3.05, 3.63) is 52.5 Å². The minimum Gasteiger partial charge on any atom is -0.339 e. The summed E-state index contributed by atoms with van der Waals surface area (Å²) in [4.78, 5) is 21.3. The minimum atomic E-state index is 0.229. The quantitative estimate of drug-likeness (QED) is 0.826. The highest BCUT2D eigenvalue weighted by atomic mass is 32.1. The molecule has 4 rings (SSSR count). The lowest BCUT2D eigenvalue weighted by Gasteiger charge is -2.39. The molecule has 2 aromatic rings. The lowest BCUT2D eigenvalue weighted by Crippen LogP contribution is -2.41. The fourth-order valence-corrected chi connectivity index (χ4v) is 5.24. The van der Waals surface area contributed by atoms with Crippen molar-refractivity contribution in [3.8, 4) is 0 Å². The molecule has 0 aliphatic carbocycles. The zero-order chi connectivity index (χ0) is 18.0. The molecule has 2 saturated heterocycles. The van der Waals surface area contributed by atoms with Crippen molar-refractivity contribution in [3.63, 3.8) is 0 Å². The van der Waals surface area contributed by atoms with Gasteiger partial charge in [-0.25, -0.2) is 4.98 Å². The maximum absolute atomic E-state index is 12.3. The van der Waals surface area contributed by atoms with Crippen molar-refractivity contribution in [1.82, 2.24) is 14.8 Å². The van der Waals surface area contributed by atoms with E-state index in [1.807, 2.05) is 5.51 Å². The van der Waals surface area contributed by atoms with E-state index in [-0.39, 0.29) is 5.91 Å². The van der Waals surface area contributed by atoms with E-state index in [1.54, 1.807) is 18.3 Å². The van der Waals surface area contributed by atoms with Gasteiger partial charge in [-0.3, -0.25) is 9.69 Å². The Morgan fingerprint density at radius 3 is 2.69 bits per heavy atom. The summed E-state index contributed by atoms with van der Waals surface area (Å²) in [6.45, 7) is 5.85. The van der Waals surface area contributed by atoms with Gasteiger partial charge in [0, 0.05) is 31.4 Å². The monoisotopic (exact) mass is 369 g/mol. The van der Waals surface area contributed by atoms with Gasteiger partial charge in [-0.05, 0) is 49.8 Å². The Hall–Kier alpha value is -1.72. The summed E-state index contributed by atoms with van der Waals surface area (Å²) in [7, 11) is 0. The molecule has 2 aliphatic rings. The highest BCUT2D eigenvalue weighted by molar-refractivity contribution is 7.07. The number of likely N-dealkylation sites (tertiary alicyclic amines) is 2. The number of nitrogens with zero attached hydrogens (tertiary/aromatic N) is 3. The van der Waals surface area contributed by atoms with E-state index in [4.69, 9.17) is 0 Å². The summed E-state index contributed by atoms with van der Waals surface area (Å²) in [5.74, 6) is 0.229. The zero-order valence-electron chi connectivity index (χ0n) is 15.4.